The standard InChI is InChI=1S/C19H22N2O6S/c1-12(14-9-13(25-2)6-7-15(14)26-3)21-17(22)11-27-18(23)10-20-19(24)16-5-4-8-28-16/h4-9,12H,10-11H2,1-3H3,(H,20,24)(H,21,22)/t12-/m0/s1. The van der Waals surface area contributed by atoms with Crippen LogP contribution in [0, 0.1) is 0 Å². The minimum absolute atomic E-state index is 0.316. The summed E-state index contributed by atoms with van der Waals surface area (Å²) < 4.78 is 15.4. The molecular formula is C19H22N2O6S. The van der Waals surface area contributed by atoms with Gasteiger partial charge >= 0.3 is 5.97 Å². The molecule has 2 amide bonds. The van der Waals surface area contributed by atoms with Crippen molar-refractivity contribution < 1.29 is 28.6 Å². The number of thiophene rings is 1. The van der Waals surface area contributed by atoms with Crippen molar-refractivity contribution in [1.82, 2.24) is 10.6 Å². The zero-order chi connectivity index (χ0) is 20.5. The lowest BCUT2D eigenvalue weighted by Gasteiger charge is -2.18. The number of rotatable bonds is 9. The van der Waals surface area contributed by atoms with E-state index in [-0.39, 0.29) is 12.5 Å². The van der Waals surface area contributed by atoms with Crippen molar-refractivity contribution in [2.45, 2.75) is 13.0 Å². The number of amides is 2. The fourth-order valence-electron chi connectivity index (χ4n) is 2.38. The molecule has 150 valence electrons. The van der Waals surface area contributed by atoms with Crippen LogP contribution in [0.25, 0.3) is 0 Å². The first kappa shape index (κ1) is 21.2. The van der Waals surface area contributed by atoms with Crippen LogP contribution in [0.15, 0.2) is 35.7 Å². The van der Waals surface area contributed by atoms with Gasteiger partial charge in [-0.05, 0) is 36.6 Å². The first-order valence-corrected chi connectivity index (χ1v) is 9.31. The van der Waals surface area contributed by atoms with Gasteiger partial charge in [-0.15, -0.1) is 11.3 Å². The molecule has 1 aromatic carbocycles. The van der Waals surface area contributed by atoms with E-state index in [1.165, 1.54) is 18.4 Å². The topological polar surface area (TPSA) is 103 Å². The molecule has 1 aromatic heterocycles. The molecule has 0 spiro atoms. The number of hydrogen-bond donors (Lipinski definition) is 2. The lowest BCUT2D eigenvalue weighted by molar-refractivity contribution is -0.147. The van der Waals surface area contributed by atoms with Crippen molar-refractivity contribution in [3.63, 3.8) is 0 Å². The predicted molar refractivity (Wildman–Crippen MR) is 104 cm³/mol. The van der Waals surface area contributed by atoms with E-state index in [4.69, 9.17) is 14.2 Å². The Kier molecular flexibility index (Phi) is 7.82. The highest BCUT2D eigenvalue weighted by molar-refractivity contribution is 7.12. The van der Waals surface area contributed by atoms with Crippen molar-refractivity contribution >= 4 is 29.1 Å². The predicted octanol–water partition coefficient (Wildman–Crippen LogP) is 1.92. The van der Waals surface area contributed by atoms with Crippen molar-refractivity contribution in [1.29, 1.82) is 0 Å². The summed E-state index contributed by atoms with van der Waals surface area (Å²) in [6, 6.07) is 8.25. The zero-order valence-electron chi connectivity index (χ0n) is 15.8. The van der Waals surface area contributed by atoms with Gasteiger partial charge in [0.1, 0.15) is 18.0 Å². The lowest BCUT2D eigenvalue weighted by atomic mass is 10.1. The number of methoxy groups -OCH3 is 2. The third-order valence-electron chi connectivity index (χ3n) is 3.78. The van der Waals surface area contributed by atoms with Crippen LogP contribution >= 0.6 is 11.3 Å². The van der Waals surface area contributed by atoms with Crippen molar-refractivity contribution in [3.05, 3.63) is 46.2 Å². The summed E-state index contributed by atoms with van der Waals surface area (Å²) in [5.74, 6) is -0.316. The molecule has 0 bridgehead atoms. The highest BCUT2D eigenvalue weighted by Gasteiger charge is 2.17. The number of carbonyl (C=O) groups excluding carboxylic acids is 3. The minimum atomic E-state index is -0.702. The quantitative estimate of drug-likeness (QED) is 0.617. The summed E-state index contributed by atoms with van der Waals surface area (Å²) >= 11 is 1.26. The minimum Gasteiger partial charge on any atom is -0.497 e. The van der Waals surface area contributed by atoms with Crippen LogP contribution in [0.2, 0.25) is 0 Å². The summed E-state index contributed by atoms with van der Waals surface area (Å²) in [6.45, 7) is 1.01. The molecule has 1 atom stereocenters. The molecule has 0 aliphatic carbocycles. The third kappa shape index (κ3) is 5.98. The number of esters is 1. The van der Waals surface area contributed by atoms with Gasteiger partial charge in [-0.2, -0.15) is 0 Å². The summed E-state index contributed by atoms with van der Waals surface area (Å²) in [6.07, 6.45) is 0. The van der Waals surface area contributed by atoms with E-state index >= 15 is 0 Å². The van der Waals surface area contributed by atoms with Gasteiger partial charge in [0, 0.05) is 5.56 Å². The van der Waals surface area contributed by atoms with Crippen molar-refractivity contribution in [2.24, 2.45) is 0 Å². The van der Waals surface area contributed by atoms with E-state index in [9.17, 15) is 14.4 Å². The summed E-state index contributed by atoms with van der Waals surface area (Å²) in [5.41, 5.74) is 0.727. The van der Waals surface area contributed by atoms with E-state index in [1.54, 1.807) is 49.7 Å². The molecule has 0 aliphatic rings. The molecule has 2 rings (SSSR count). The van der Waals surface area contributed by atoms with E-state index in [2.05, 4.69) is 10.6 Å². The van der Waals surface area contributed by atoms with Gasteiger partial charge in [0.15, 0.2) is 6.61 Å². The van der Waals surface area contributed by atoms with E-state index in [1.807, 2.05) is 0 Å². The van der Waals surface area contributed by atoms with Gasteiger partial charge in [0.05, 0.1) is 25.1 Å². The molecule has 1 heterocycles. The van der Waals surface area contributed by atoms with Gasteiger partial charge in [0.2, 0.25) is 0 Å². The number of benzene rings is 1. The second kappa shape index (κ2) is 10.3. The molecule has 0 saturated carbocycles. The molecule has 2 N–H and O–H groups in total. The number of nitrogens with one attached hydrogen (secondary N) is 2. The highest BCUT2D eigenvalue weighted by atomic mass is 32.1. The Labute approximate surface area is 166 Å². The van der Waals surface area contributed by atoms with Crippen LogP contribution in [0.3, 0.4) is 0 Å². The average molecular weight is 406 g/mol. The molecule has 0 radical (unpaired) electrons. The van der Waals surface area contributed by atoms with E-state index in [0.29, 0.717) is 16.4 Å². The first-order chi connectivity index (χ1) is 13.4. The summed E-state index contributed by atoms with van der Waals surface area (Å²) in [5, 5.41) is 6.93. The number of hydrogen-bond acceptors (Lipinski definition) is 7. The van der Waals surface area contributed by atoms with Crippen molar-refractivity contribution in [3.8, 4) is 11.5 Å². The van der Waals surface area contributed by atoms with Crippen LogP contribution in [0.5, 0.6) is 11.5 Å². The zero-order valence-corrected chi connectivity index (χ0v) is 16.6. The van der Waals surface area contributed by atoms with Gasteiger partial charge in [-0.25, -0.2) is 0 Å². The monoisotopic (exact) mass is 406 g/mol. The maximum absolute atomic E-state index is 12.1. The SMILES string of the molecule is COc1ccc(OC)c([C@H](C)NC(=O)COC(=O)CNC(=O)c2cccs2)c1. The van der Waals surface area contributed by atoms with Gasteiger partial charge in [-0.1, -0.05) is 6.07 Å². The molecule has 0 fully saturated rings. The maximum atomic E-state index is 12.1. The maximum Gasteiger partial charge on any atom is 0.325 e. The fraction of sp³-hybridized carbons (Fsp3) is 0.316. The lowest BCUT2D eigenvalue weighted by Crippen LogP contribution is -2.34. The van der Waals surface area contributed by atoms with Gasteiger partial charge in [0.25, 0.3) is 11.8 Å². The van der Waals surface area contributed by atoms with Crippen LogP contribution in [0.1, 0.15) is 28.2 Å². The summed E-state index contributed by atoms with van der Waals surface area (Å²) in [4.78, 5) is 36.0. The fourth-order valence-corrected chi connectivity index (χ4v) is 3.02. The molecule has 8 nitrogen and oxygen atoms in total. The Bertz CT molecular complexity index is 822. The highest BCUT2D eigenvalue weighted by Crippen LogP contribution is 2.29. The number of carbonyl (C=O) groups is 3. The Morgan fingerprint density at radius 1 is 1.14 bits per heavy atom. The molecule has 0 saturated heterocycles. The van der Waals surface area contributed by atoms with E-state index in [0.717, 1.165) is 5.56 Å². The smallest absolute Gasteiger partial charge is 0.325 e. The molecule has 2 aromatic rings. The Balaban J connectivity index is 1.80. The second-order valence-electron chi connectivity index (χ2n) is 5.72. The number of ether oxygens (including phenoxy) is 3. The molecular weight excluding hydrogens is 384 g/mol. The second-order valence-corrected chi connectivity index (χ2v) is 6.67. The normalized spacial score (nSPS) is 11.2. The van der Waals surface area contributed by atoms with Crippen LogP contribution in [-0.4, -0.2) is 45.2 Å². The average Bonchev–Trinajstić information content (AvgIpc) is 3.24. The Morgan fingerprint density at radius 3 is 2.57 bits per heavy atom. The van der Waals surface area contributed by atoms with Crippen LogP contribution in [0.4, 0.5) is 0 Å². The molecule has 9 heteroatoms. The van der Waals surface area contributed by atoms with Gasteiger partial charge in [-0.3, -0.25) is 14.4 Å². The summed E-state index contributed by atoms with van der Waals surface area (Å²) in [7, 11) is 3.08. The van der Waals surface area contributed by atoms with Gasteiger partial charge < -0.3 is 24.8 Å². The van der Waals surface area contributed by atoms with Crippen LogP contribution in [-0.2, 0) is 14.3 Å². The molecule has 28 heavy (non-hydrogen) atoms. The van der Waals surface area contributed by atoms with E-state index < -0.39 is 24.5 Å². The first-order valence-electron chi connectivity index (χ1n) is 8.43. The largest absolute Gasteiger partial charge is 0.497 e. The molecule has 0 unspecified atom stereocenters. The third-order valence-corrected chi connectivity index (χ3v) is 4.65. The van der Waals surface area contributed by atoms with Crippen LogP contribution < -0.4 is 20.1 Å². The van der Waals surface area contributed by atoms with Crippen molar-refractivity contribution in [2.75, 3.05) is 27.4 Å². The Morgan fingerprint density at radius 2 is 1.93 bits per heavy atom. The molecule has 0 aliphatic heterocycles. The Hall–Kier alpha value is -3.07.